The van der Waals surface area contributed by atoms with E-state index in [1.165, 1.54) is 11.2 Å². The maximum atomic E-state index is 11.8. The zero-order valence-corrected chi connectivity index (χ0v) is 9.98. The number of aromatic nitrogens is 4. The van der Waals surface area contributed by atoms with Gasteiger partial charge < -0.3 is 4.98 Å². The van der Waals surface area contributed by atoms with Crippen LogP contribution in [0.25, 0.3) is 11.2 Å². The number of hydrogen-bond donors (Lipinski definition) is 1. The first-order valence-electron chi connectivity index (χ1n) is 5.32. The minimum absolute atomic E-state index is 0.0936. The zero-order chi connectivity index (χ0) is 12.7. The van der Waals surface area contributed by atoms with Crippen LogP contribution in [0.3, 0.4) is 0 Å². The second-order valence-corrected chi connectivity index (χ2v) is 4.35. The fourth-order valence-corrected chi connectivity index (χ4v) is 2.13. The lowest BCUT2D eigenvalue weighted by molar-refractivity contribution is -0.117. The molecule has 0 saturated carbocycles. The van der Waals surface area contributed by atoms with Crippen LogP contribution < -0.4 is 4.90 Å². The van der Waals surface area contributed by atoms with Gasteiger partial charge in [0.2, 0.25) is 11.9 Å². The summed E-state index contributed by atoms with van der Waals surface area (Å²) in [5, 5.41) is 0.240. The molecular weight excluding hydrogens is 254 g/mol. The highest BCUT2D eigenvalue weighted by Crippen LogP contribution is 2.25. The van der Waals surface area contributed by atoms with E-state index >= 15 is 0 Å². The fraction of sp³-hybridized carbons (Fsp3) is 0.273. The van der Waals surface area contributed by atoms with Crippen LogP contribution in [0, 0.1) is 18.3 Å². The number of carbonyl (C=O) groups excluding carboxylic acids is 1. The summed E-state index contributed by atoms with van der Waals surface area (Å²) in [5.41, 5.74) is 0.988. The number of hydrogen-bond acceptors (Lipinski definition) is 4. The summed E-state index contributed by atoms with van der Waals surface area (Å²) in [5.74, 6) is 2.62. The monoisotopic (exact) mass is 261 g/mol. The highest BCUT2D eigenvalue weighted by Gasteiger charge is 2.31. The first kappa shape index (κ1) is 11.0. The molecule has 3 heterocycles. The number of amides is 1. The third-order valence-electron chi connectivity index (χ3n) is 2.83. The number of terminal acetylenes is 1. The van der Waals surface area contributed by atoms with Gasteiger partial charge in [-0.05, 0) is 0 Å². The smallest absolute Gasteiger partial charge is 0.235 e. The van der Waals surface area contributed by atoms with Crippen LogP contribution in [0.1, 0.15) is 6.42 Å². The van der Waals surface area contributed by atoms with E-state index in [-0.39, 0.29) is 22.9 Å². The second-order valence-electron chi connectivity index (χ2n) is 3.99. The summed E-state index contributed by atoms with van der Waals surface area (Å²) in [6.07, 6.45) is 7.12. The van der Waals surface area contributed by atoms with E-state index in [9.17, 15) is 4.79 Å². The van der Waals surface area contributed by atoms with Crippen molar-refractivity contribution in [1.82, 2.24) is 19.9 Å². The molecule has 0 aromatic carbocycles. The predicted octanol–water partition coefficient (Wildman–Crippen LogP) is 0.992. The van der Waals surface area contributed by atoms with Crippen molar-refractivity contribution in [2.45, 2.75) is 6.42 Å². The van der Waals surface area contributed by atoms with Crippen molar-refractivity contribution in [1.29, 1.82) is 0 Å². The number of imidazole rings is 1. The lowest BCUT2D eigenvalue weighted by atomic mass is 10.1. The molecule has 1 aliphatic heterocycles. The molecule has 3 rings (SSSR count). The molecule has 1 fully saturated rings. The number of nitrogens with zero attached hydrogens (tertiary/aromatic N) is 4. The Balaban J connectivity index is 2.05. The van der Waals surface area contributed by atoms with Gasteiger partial charge in [-0.3, -0.25) is 9.69 Å². The molecule has 18 heavy (non-hydrogen) atoms. The fourth-order valence-electron chi connectivity index (χ4n) is 1.92. The maximum absolute atomic E-state index is 11.8. The Morgan fingerprint density at radius 1 is 1.56 bits per heavy atom. The molecule has 1 N–H and O–H groups in total. The summed E-state index contributed by atoms with van der Waals surface area (Å²) >= 11 is 6.00. The SMILES string of the molecule is C#CC1CC(=O)N(c2nc(Cl)c3[nH]cnc3n2)C1. The number of H-pyrrole nitrogens is 1. The summed E-state index contributed by atoms with van der Waals surface area (Å²) in [6.45, 7) is 0.418. The Labute approximate surface area is 107 Å². The van der Waals surface area contributed by atoms with Gasteiger partial charge in [-0.2, -0.15) is 9.97 Å². The second kappa shape index (κ2) is 3.96. The molecule has 0 spiro atoms. The molecule has 1 atom stereocenters. The van der Waals surface area contributed by atoms with Crippen LogP contribution in [0.5, 0.6) is 0 Å². The minimum Gasteiger partial charge on any atom is -0.341 e. The number of fused-ring (bicyclic) bond motifs is 1. The number of halogens is 1. The lowest BCUT2D eigenvalue weighted by Gasteiger charge is -2.13. The van der Waals surface area contributed by atoms with Crippen LogP contribution in [0.2, 0.25) is 5.15 Å². The Morgan fingerprint density at radius 2 is 2.39 bits per heavy atom. The molecule has 2 aromatic rings. The van der Waals surface area contributed by atoms with E-state index < -0.39 is 0 Å². The first-order valence-corrected chi connectivity index (χ1v) is 5.70. The standard InChI is InChI=1S/C11H8ClN5O/c1-2-6-3-7(18)17(4-6)11-15-9(12)8-10(16-11)14-5-13-8/h1,5-6H,3-4H2,(H,13,14,15,16). The number of nitrogens with one attached hydrogen (secondary N) is 1. The third kappa shape index (κ3) is 1.60. The highest BCUT2D eigenvalue weighted by molar-refractivity contribution is 6.33. The summed E-state index contributed by atoms with van der Waals surface area (Å²) in [4.78, 5) is 28.4. The summed E-state index contributed by atoms with van der Waals surface area (Å²) in [7, 11) is 0. The normalized spacial score (nSPS) is 19.4. The maximum Gasteiger partial charge on any atom is 0.235 e. The molecule has 0 radical (unpaired) electrons. The Kier molecular flexibility index (Phi) is 2.42. The van der Waals surface area contributed by atoms with Crippen molar-refractivity contribution in [2.24, 2.45) is 5.92 Å². The molecule has 1 amide bonds. The van der Waals surface area contributed by atoms with Crippen LogP contribution in [-0.2, 0) is 4.79 Å². The highest BCUT2D eigenvalue weighted by atomic mass is 35.5. The molecule has 0 aliphatic carbocycles. The molecule has 7 heteroatoms. The van der Waals surface area contributed by atoms with Crippen molar-refractivity contribution < 1.29 is 4.79 Å². The molecule has 6 nitrogen and oxygen atoms in total. The lowest BCUT2D eigenvalue weighted by Crippen LogP contribution is -2.26. The van der Waals surface area contributed by atoms with Gasteiger partial charge in [0.1, 0.15) is 5.52 Å². The van der Waals surface area contributed by atoms with Crippen LogP contribution in [0.4, 0.5) is 5.95 Å². The molecule has 1 unspecified atom stereocenters. The number of rotatable bonds is 1. The van der Waals surface area contributed by atoms with E-state index in [0.29, 0.717) is 24.1 Å². The first-order chi connectivity index (χ1) is 8.69. The Hall–Kier alpha value is -2.13. The van der Waals surface area contributed by atoms with Crippen molar-refractivity contribution in [3.63, 3.8) is 0 Å². The Bertz CT molecular complexity index is 674. The molecule has 1 saturated heterocycles. The molecule has 1 aliphatic rings. The molecular formula is C11H8ClN5O. The molecule has 0 bridgehead atoms. The zero-order valence-electron chi connectivity index (χ0n) is 9.22. The van der Waals surface area contributed by atoms with E-state index in [2.05, 4.69) is 25.9 Å². The number of carbonyl (C=O) groups is 1. The van der Waals surface area contributed by atoms with Crippen molar-refractivity contribution in [3.05, 3.63) is 11.5 Å². The Morgan fingerprint density at radius 3 is 3.11 bits per heavy atom. The van der Waals surface area contributed by atoms with Crippen molar-refractivity contribution in [3.8, 4) is 12.3 Å². The van der Waals surface area contributed by atoms with Gasteiger partial charge in [-0.1, -0.05) is 11.6 Å². The van der Waals surface area contributed by atoms with E-state index in [1.807, 2.05) is 0 Å². The average Bonchev–Trinajstić information content (AvgIpc) is 2.95. The average molecular weight is 262 g/mol. The van der Waals surface area contributed by atoms with Crippen LogP contribution in [-0.4, -0.2) is 32.4 Å². The van der Waals surface area contributed by atoms with Gasteiger partial charge in [0, 0.05) is 18.9 Å². The van der Waals surface area contributed by atoms with Crippen molar-refractivity contribution >= 4 is 34.6 Å². The largest absolute Gasteiger partial charge is 0.341 e. The van der Waals surface area contributed by atoms with E-state index in [0.717, 1.165) is 0 Å². The van der Waals surface area contributed by atoms with Gasteiger partial charge in [0.25, 0.3) is 0 Å². The minimum atomic E-state index is -0.102. The topological polar surface area (TPSA) is 74.8 Å². The van der Waals surface area contributed by atoms with Crippen LogP contribution >= 0.6 is 11.6 Å². The van der Waals surface area contributed by atoms with E-state index in [1.54, 1.807) is 0 Å². The third-order valence-corrected chi connectivity index (χ3v) is 3.11. The number of anilines is 1. The van der Waals surface area contributed by atoms with Crippen LogP contribution in [0.15, 0.2) is 6.33 Å². The van der Waals surface area contributed by atoms with Gasteiger partial charge in [-0.15, -0.1) is 12.3 Å². The quantitative estimate of drug-likeness (QED) is 0.614. The van der Waals surface area contributed by atoms with Gasteiger partial charge in [0.05, 0.1) is 6.33 Å². The van der Waals surface area contributed by atoms with Gasteiger partial charge in [-0.25, -0.2) is 4.98 Å². The van der Waals surface area contributed by atoms with Gasteiger partial charge in [0.15, 0.2) is 10.8 Å². The summed E-state index contributed by atoms with van der Waals surface area (Å²) in [6, 6.07) is 0. The van der Waals surface area contributed by atoms with Gasteiger partial charge >= 0.3 is 0 Å². The molecule has 2 aromatic heterocycles. The summed E-state index contributed by atoms with van der Waals surface area (Å²) < 4.78 is 0. The predicted molar refractivity (Wildman–Crippen MR) is 66.0 cm³/mol. The molecule has 90 valence electrons. The van der Waals surface area contributed by atoms with Crippen molar-refractivity contribution in [2.75, 3.05) is 11.4 Å². The number of aromatic amines is 1. The van der Waals surface area contributed by atoms with E-state index in [4.69, 9.17) is 18.0 Å².